The molecule has 2 aromatic rings. The summed E-state index contributed by atoms with van der Waals surface area (Å²) < 4.78 is 47.6. The zero-order valence-corrected chi connectivity index (χ0v) is 16.2. The Balaban J connectivity index is 2.33. The van der Waals surface area contributed by atoms with Gasteiger partial charge in [-0.15, -0.1) is 0 Å². The first-order valence-corrected chi connectivity index (χ1v) is 11.7. The van der Waals surface area contributed by atoms with E-state index < -0.39 is 19.7 Å². The van der Waals surface area contributed by atoms with Crippen LogP contribution < -0.4 is 5.32 Å². The van der Waals surface area contributed by atoms with E-state index in [-0.39, 0.29) is 15.7 Å². The maximum Gasteiger partial charge on any atom is 0.177 e. The molecule has 0 spiro atoms. The third-order valence-electron chi connectivity index (χ3n) is 4.08. The summed E-state index contributed by atoms with van der Waals surface area (Å²) in [6.07, 6.45) is 3.03. The number of nitrogens with one attached hydrogen (secondary N) is 1. The average Bonchev–Trinajstić information content (AvgIpc) is 2.54. The topological polar surface area (TPSA) is 80.3 Å². The first-order valence-electron chi connectivity index (χ1n) is 7.96. The molecular weight excluding hydrogens is 358 g/mol. The molecule has 0 fully saturated rings. The molecule has 0 amide bonds. The molecular formula is C18H23NO4S2. The summed E-state index contributed by atoms with van der Waals surface area (Å²) in [5.41, 5.74) is 1.59. The van der Waals surface area contributed by atoms with Gasteiger partial charge in [-0.3, -0.25) is 0 Å². The molecule has 5 nitrogen and oxygen atoms in total. The van der Waals surface area contributed by atoms with E-state index in [1.807, 2.05) is 30.3 Å². The second-order valence-corrected chi connectivity index (χ2v) is 10.1. The lowest BCUT2D eigenvalue weighted by Gasteiger charge is -2.19. The van der Waals surface area contributed by atoms with Crippen LogP contribution in [0.15, 0.2) is 58.3 Å². The van der Waals surface area contributed by atoms with E-state index in [4.69, 9.17) is 0 Å². The van der Waals surface area contributed by atoms with Crippen molar-refractivity contribution in [2.24, 2.45) is 0 Å². The fourth-order valence-electron chi connectivity index (χ4n) is 2.64. The highest BCUT2D eigenvalue weighted by atomic mass is 32.2. The minimum absolute atomic E-state index is 0.00154. The van der Waals surface area contributed by atoms with E-state index in [1.54, 1.807) is 0 Å². The van der Waals surface area contributed by atoms with Crippen LogP contribution in [0.2, 0.25) is 0 Å². The van der Waals surface area contributed by atoms with Gasteiger partial charge in [0, 0.05) is 25.0 Å². The van der Waals surface area contributed by atoms with E-state index >= 15 is 0 Å². The normalized spacial score (nSPS) is 13.4. The molecule has 0 aliphatic heterocycles. The molecule has 1 N–H and O–H groups in total. The third kappa shape index (κ3) is 5.06. The van der Waals surface area contributed by atoms with Crippen LogP contribution in [0.25, 0.3) is 0 Å². The summed E-state index contributed by atoms with van der Waals surface area (Å²) in [5.74, 6) is 0.225. The molecule has 2 rings (SSSR count). The Morgan fingerprint density at radius 1 is 0.920 bits per heavy atom. The van der Waals surface area contributed by atoms with Gasteiger partial charge < -0.3 is 5.32 Å². The van der Waals surface area contributed by atoms with Crippen molar-refractivity contribution in [3.05, 3.63) is 54.1 Å². The van der Waals surface area contributed by atoms with Crippen molar-refractivity contribution >= 4 is 25.4 Å². The first-order chi connectivity index (χ1) is 11.6. The van der Waals surface area contributed by atoms with Gasteiger partial charge in [0.2, 0.25) is 0 Å². The highest BCUT2D eigenvalue weighted by Gasteiger charge is 2.19. The van der Waals surface area contributed by atoms with Crippen LogP contribution in [0.5, 0.6) is 0 Å². The van der Waals surface area contributed by atoms with Crippen LogP contribution in [0, 0.1) is 0 Å². The number of hydrogen-bond donors (Lipinski definition) is 1. The molecule has 0 heterocycles. The first kappa shape index (κ1) is 19.5. The number of sulfone groups is 2. The summed E-state index contributed by atoms with van der Waals surface area (Å²) in [5, 5.41) is 3.17. The van der Waals surface area contributed by atoms with Crippen LogP contribution in [0.1, 0.15) is 24.8 Å². The third-order valence-corrected chi connectivity index (χ3v) is 6.33. The van der Waals surface area contributed by atoms with Gasteiger partial charge in [0.15, 0.2) is 19.7 Å². The SMILES string of the molecule is CCC(CNc1ccc(S(C)(=O)=O)cc1S(C)(=O)=O)c1ccccc1. The molecule has 0 radical (unpaired) electrons. The zero-order valence-electron chi connectivity index (χ0n) is 14.6. The fraction of sp³-hybridized carbons (Fsp3) is 0.333. The molecule has 0 aliphatic carbocycles. The molecule has 2 aromatic carbocycles. The number of hydrogen-bond acceptors (Lipinski definition) is 5. The molecule has 0 aromatic heterocycles. The second-order valence-electron chi connectivity index (χ2n) is 6.10. The molecule has 0 bridgehead atoms. The fourth-order valence-corrected chi connectivity index (χ4v) is 4.24. The van der Waals surface area contributed by atoms with Crippen LogP contribution in [-0.2, 0) is 19.7 Å². The van der Waals surface area contributed by atoms with Crippen LogP contribution in [0.3, 0.4) is 0 Å². The Morgan fingerprint density at radius 3 is 2.08 bits per heavy atom. The Morgan fingerprint density at radius 2 is 1.56 bits per heavy atom. The number of benzene rings is 2. The van der Waals surface area contributed by atoms with Crippen LogP contribution in [-0.4, -0.2) is 35.9 Å². The van der Waals surface area contributed by atoms with E-state index in [0.29, 0.717) is 12.2 Å². The summed E-state index contributed by atoms with van der Waals surface area (Å²) in [6.45, 7) is 2.63. The molecule has 25 heavy (non-hydrogen) atoms. The van der Waals surface area contributed by atoms with Crippen molar-refractivity contribution in [2.75, 3.05) is 24.4 Å². The Kier molecular flexibility index (Phi) is 5.90. The largest absolute Gasteiger partial charge is 0.383 e. The Labute approximate surface area is 149 Å². The minimum atomic E-state index is -3.56. The minimum Gasteiger partial charge on any atom is -0.383 e. The number of anilines is 1. The lowest BCUT2D eigenvalue weighted by Crippen LogP contribution is -2.14. The van der Waals surface area contributed by atoms with Crippen molar-refractivity contribution in [1.82, 2.24) is 0 Å². The lowest BCUT2D eigenvalue weighted by molar-refractivity contribution is 0.600. The van der Waals surface area contributed by atoms with Crippen molar-refractivity contribution in [2.45, 2.75) is 29.1 Å². The molecule has 0 saturated carbocycles. The highest BCUT2D eigenvalue weighted by Crippen LogP contribution is 2.27. The van der Waals surface area contributed by atoms with Crippen LogP contribution in [0.4, 0.5) is 5.69 Å². The lowest BCUT2D eigenvalue weighted by atomic mass is 9.96. The molecule has 136 valence electrons. The predicted molar refractivity (Wildman–Crippen MR) is 101 cm³/mol. The summed E-state index contributed by atoms with van der Waals surface area (Å²) in [7, 11) is -7.04. The predicted octanol–water partition coefficient (Wildman–Crippen LogP) is 3.10. The van der Waals surface area contributed by atoms with Crippen molar-refractivity contribution in [3.63, 3.8) is 0 Å². The maximum absolute atomic E-state index is 12.1. The summed E-state index contributed by atoms with van der Waals surface area (Å²) >= 11 is 0. The molecule has 1 unspecified atom stereocenters. The van der Waals surface area contributed by atoms with Crippen molar-refractivity contribution < 1.29 is 16.8 Å². The summed E-state index contributed by atoms with van der Waals surface area (Å²) in [6, 6.07) is 14.1. The van der Waals surface area contributed by atoms with Crippen LogP contribution >= 0.6 is 0 Å². The average molecular weight is 382 g/mol. The van der Waals surface area contributed by atoms with Gasteiger partial charge >= 0.3 is 0 Å². The highest BCUT2D eigenvalue weighted by molar-refractivity contribution is 7.91. The molecule has 1 atom stereocenters. The standard InChI is InChI=1S/C18H23NO4S2/c1-4-14(15-8-6-5-7-9-15)13-19-17-11-10-16(24(2,20)21)12-18(17)25(3,22)23/h5-12,14,19H,4,13H2,1-3H3. The van der Waals surface area contributed by atoms with Crippen molar-refractivity contribution in [3.8, 4) is 0 Å². The van der Waals surface area contributed by atoms with E-state index in [0.717, 1.165) is 18.9 Å². The zero-order chi connectivity index (χ0) is 18.7. The Bertz CT molecular complexity index is 936. The van der Waals surface area contributed by atoms with Crippen molar-refractivity contribution in [1.29, 1.82) is 0 Å². The quantitative estimate of drug-likeness (QED) is 0.797. The van der Waals surface area contributed by atoms with E-state index in [2.05, 4.69) is 12.2 Å². The smallest absolute Gasteiger partial charge is 0.177 e. The van der Waals surface area contributed by atoms with Gasteiger partial charge in [0.05, 0.1) is 15.5 Å². The Hall–Kier alpha value is -1.86. The maximum atomic E-state index is 12.1. The van der Waals surface area contributed by atoms with E-state index in [9.17, 15) is 16.8 Å². The number of rotatable bonds is 7. The summed E-state index contributed by atoms with van der Waals surface area (Å²) in [4.78, 5) is -0.00749. The monoisotopic (exact) mass is 381 g/mol. The molecule has 0 aliphatic rings. The molecule has 7 heteroatoms. The van der Waals surface area contributed by atoms with Gasteiger partial charge in [0.1, 0.15) is 0 Å². The van der Waals surface area contributed by atoms with Gasteiger partial charge in [-0.05, 0) is 30.2 Å². The van der Waals surface area contributed by atoms with Gasteiger partial charge in [0.25, 0.3) is 0 Å². The molecule has 0 saturated heterocycles. The van der Waals surface area contributed by atoms with Gasteiger partial charge in [-0.2, -0.15) is 0 Å². The second kappa shape index (κ2) is 7.58. The van der Waals surface area contributed by atoms with Gasteiger partial charge in [-0.1, -0.05) is 37.3 Å². The van der Waals surface area contributed by atoms with E-state index in [1.165, 1.54) is 23.8 Å². The van der Waals surface area contributed by atoms with Gasteiger partial charge in [-0.25, -0.2) is 16.8 Å².